The Bertz CT molecular complexity index is 761. The average Bonchev–Trinajstić information content (AvgIpc) is 2.78. The molecule has 0 aliphatic rings. The second-order valence-electron chi connectivity index (χ2n) is 4.87. The fourth-order valence-corrected chi connectivity index (χ4v) is 2.52. The van der Waals surface area contributed by atoms with Gasteiger partial charge < -0.3 is 16.0 Å². The third-order valence-corrected chi connectivity index (χ3v) is 3.49. The van der Waals surface area contributed by atoms with Gasteiger partial charge in [0, 0.05) is 12.7 Å². The molecule has 6 heteroatoms. The molecular formula is C14H18N6. The number of aromatic nitrogens is 4. The summed E-state index contributed by atoms with van der Waals surface area (Å²) in [6.07, 6.45) is 3.77. The standard InChI is InChI=1S/C14H18N6/c1-9-18-12-13(20(9)8-3-2-6-15)11-10(19-14(12)16)5-4-7-17-11/h4-5,7H,2-3,6,8,15H2,1H3,(H2,16,19). The summed E-state index contributed by atoms with van der Waals surface area (Å²) in [4.78, 5) is 13.4. The van der Waals surface area contributed by atoms with Crippen LogP contribution in [0.15, 0.2) is 18.3 Å². The molecule has 0 atom stereocenters. The van der Waals surface area contributed by atoms with E-state index in [0.29, 0.717) is 12.4 Å². The predicted octanol–water partition coefficient (Wildman–Crippen LogP) is 1.61. The molecule has 0 aliphatic heterocycles. The number of hydrogen-bond acceptors (Lipinski definition) is 5. The minimum Gasteiger partial charge on any atom is -0.382 e. The number of rotatable bonds is 4. The lowest BCUT2D eigenvalue weighted by Gasteiger charge is -2.08. The van der Waals surface area contributed by atoms with Crippen molar-refractivity contribution in [3.8, 4) is 0 Å². The molecular weight excluding hydrogens is 252 g/mol. The van der Waals surface area contributed by atoms with Crippen LogP contribution in [0.2, 0.25) is 0 Å². The molecule has 3 heterocycles. The first-order chi connectivity index (χ1) is 9.72. The topological polar surface area (TPSA) is 95.6 Å². The highest BCUT2D eigenvalue weighted by Crippen LogP contribution is 2.27. The van der Waals surface area contributed by atoms with E-state index in [9.17, 15) is 0 Å². The number of fused-ring (bicyclic) bond motifs is 3. The molecule has 0 fully saturated rings. The average molecular weight is 270 g/mol. The molecule has 104 valence electrons. The first kappa shape index (κ1) is 12.8. The van der Waals surface area contributed by atoms with Crippen molar-refractivity contribution in [1.29, 1.82) is 0 Å². The molecule has 3 aromatic heterocycles. The molecule has 0 unspecified atom stereocenters. The Balaban J connectivity index is 2.25. The van der Waals surface area contributed by atoms with Crippen molar-refractivity contribution in [2.24, 2.45) is 5.73 Å². The normalized spacial score (nSPS) is 11.5. The number of nitrogens with two attached hydrogens (primary N) is 2. The van der Waals surface area contributed by atoms with Gasteiger partial charge in [-0.3, -0.25) is 4.98 Å². The number of pyridine rings is 2. The summed E-state index contributed by atoms with van der Waals surface area (Å²) >= 11 is 0. The molecule has 20 heavy (non-hydrogen) atoms. The van der Waals surface area contributed by atoms with Gasteiger partial charge in [-0.15, -0.1) is 0 Å². The number of unbranched alkanes of at least 4 members (excludes halogenated alkanes) is 1. The molecule has 3 rings (SSSR count). The summed E-state index contributed by atoms with van der Waals surface area (Å²) in [6, 6.07) is 3.79. The maximum Gasteiger partial charge on any atom is 0.152 e. The SMILES string of the molecule is Cc1nc2c(N)nc3cccnc3c2n1CCCCN. The summed E-state index contributed by atoms with van der Waals surface area (Å²) in [7, 11) is 0. The van der Waals surface area contributed by atoms with Crippen molar-refractivity contribution in [2.75, 3.05) is 12.3 Å². The van der Waals surface area contributed by atoms with E-state index in [1.165, 1.54) is 0 Å². The van der Waals surface area contributed by atoms with E-state index in [2.05, 4.69) is 19.5 Å². The quantitative estimate of drug-likeness (QED) is 0.702. The van der Waals surface area contributed by atoms with Crippen molar-refractivity contribution in [2.45, 2.75) is 26.3 Å². The Labute approximate surface area is 116 Å². The van der Waals surface area contributed by atoms with Gasteiger partial charge in [-0.2, -0.15) is 0 Å². The number of nitrogens with zero attached hydrogens (tertiary/aromatic N) is 4. The zero-order valence-electron chi connectivity index (χ0n) is 11.5. The molecule has 0 aliphatic carbocycles. The lowest BCUT2D eigenvalue weighted by molar-refractivity contribution is 0.615. The number of hydrogen-bond donors (Lipinski definition) is 2. The zero-order chi connectivity index (χ0) is 14.1. The van der Waals surface area contributed by atoms with E-state index in [1.807, 2.05) is 19.1 Å². The third kappa shape index (κ3) is 1.98. The van der Waals surface area contributed by atoms with E-state index in [-0.39, 0.29) is 0 Å². The van der Waals surface area contributed by atoms with Gasteiger partial charge >= 0.3 is 0 Å². The Morgan fingerprint density at radius 3 is 2.85 bits per heavy atom. The number of aryl methyl sites for hydroxylation is 2. The first-order valence-electron chi connectivity index (χ1n) is 6.79. The molecule has 0 bridgehead atoms. The van der Waals surface area contributed by atoms with Crippen LogP contribution in [0.5, 0.6) is 0 Å². The molecule has 4 N–H and O–H groups in total. The number of nitrogen functional groups attached to an aromatic ring is 1. The van der Waals surface area contributed by atoms with Gasteiger partial charge in [-0.1, -0.05) is 0 Å². The van der Waals surface area contributed by atoms with Crippen LogP contribution in [-0.4, -0.2) is 26.1 Å². The van der Waals surface area contributed by atoms with E-state index in [1.54, 1.807) is 6.20 Å². The summed E-state index contributed by atoms with van der Waals surface area (Å²) in [5.74, 6) is 1.39. The summed E-state index contributed by atoms with van der Waals surface area (Å²) < 4.78 is 2.17. The summed E-state index contributed by atoms with van der Waals surface area (Å²) in [5, 5.41) is 0. The van der Waals surface area contributed by atoms with Crippen molar-refractivity contribution < 1.29 is 0 Å². The van der Waals surface area contributed by atoms with Gasteiger partial charge in [0.2, 0.25) is 0 Å². The first-order valence-corrected chi connectivity index (χ1v) is 6.79. The third-order valence-electron chi connectivity index (χ3n) is 3.49. The van der Waals surface area contributed by atoms with Gasteiger partial charge in [0.25, 0.3) is 0 Å². The van der Waals surface area contributed by atoms with Gasteiger partial charge in [-0.25, -0.2) is 9.97 Å². The summed E-state index contributed by atoms with van der Waals surface area (Å²) in [6.45, 7) is 3.56. The zero-order valence-corrected chi connectivity index (χ0v) is 11.5. The predicted molar refractivity (Wildman–Crippen MR) is 80.3 cm³/mol. The highest BCUT2D eigenvalue weighted by molar-refractivity contribution is 6.04. The van der Waals surface area contributed by atoms with Crippen LogP contribution in [0.3, 0.4) is 0 Å². The Kier molecular flexibility index (Phi) is 3.23. The molecule has 0 saturated heterocycles. The highest BCUT2D eigenvalue weighted by atomic mass is 15.1. The van der Waals surface area contributed by atoms with Crippen LogP contribution < -0.4 is 11.5 Å². The second-order valence-corrected chi connectivity index (χ2v) is 4.87. The molecule has 0 radical (unpaired) electrons. The van der Waals surface area contributed by atoms with Gasteiger partial charge in [0.05, 0.1) is 5.52 Å². The van der Waals surface area contributed by atoms with E-state index >= 15 is 0 Å². The van der Waals surface area contributed by atoms with Crippen LogP contribution in [0.25, 0.3) is 22.1 Å². The van der Waals surface area contributed by atoms with Crippen LogP contribution in [-0.2, 0) is 6.54 Å². The van der Waals surface area contributed by atoms with Crippen molar-refractivity contribution in [1.82, 2.24) is 19.5 Å². The van der Waals surface area contributed by atoms with Gasteiger partial charge in [-0.05, 0) is 38.4 Å². The fourth-order valence-electron chi connectivity index (χ4n) is 2.52. The maximum atomic E-state index is 6.02. The van der Waals surface area contributed by atoms with Crippen molar-refractivity contribution >= 4 is 27.9 Å². The molecule has 0 amide bonds. The van der Waals surface area contributed by atoms with Crippen molar-refractivity contribution in [3.05, 3.63) is 24.2 Å². The Morgan fingerprint density at radius 2 is 2.05 bits per heavy atom. The van der Waals surface area contributed by atoms with Gasteiger partial charge in [0.15, 0.2) is 5.82 Å². The lowest BCUT2D eigenvalue weighted by atomic mass is 10.2. The van der Waals surface area contributed by atoms with Crippen LogP contribution in [0.4, 0.5) is 5.82 Å². The minimum atomic E-state index is 0.459. The molecule has 0 saturated carbocycles. The van der Waals surface area contributed by atoms with E-state index in [4.69, 9.17) is 11.5 Å². The second kappa shape index (κ2) is 5.05. The van der Waals surface area contributed by atoms with Crippen LogP contribution in [0, 0.1) is 6.92 Å². The largest absolute Gasteiger partial charge is 0.382 e. The van der Waals surface area contributed by atoms with Crippen LogP contribution >= 0.6 is 0 Å². The molecule has 3 aromatic rings. The minimum absolute atomic E-state index is 0.459. The fraction of sp³-hybridized carbons (Fsp3) is 0.357. The highest BCUT2D eigenvalue weighted by Gasteiger charge is 2.15. The lowest BCUT2D eigenvalue weighted by Crippen LogP contribution is -2.05. The maximum absolute atomic E-state index is 6.02. The monoisotopic (exact) mass is 270 g/mol. The smallest absolute Gasteiger partial charge is 0.152 e. The summed E-state index contributed by atoms with van der Waals surface area (Å²) in [5.41, 5.74) is 15.0. The van der Waals surface area contributed by atoms with E-state index < -0.39 is 0 Å². The van der Waals surface area contributed by atoms with Gasteiger partial charge in [0.1, 0.15) is 22.4 Å². The van der Waals surface area contributed by atoms with E-state index in [0.717, 1.165) is 47.3 Å². The Morgan fingerprint density at radius 1 is 1.20 bits per heavy atom. The number of imidazole rings is 1. The molecule has 0 aromatic carbocycles. The molecule has 0 spiro atoms. The number of anilines is 1. The van der Waals surface area contributed by atoms with Crippen molar-refractivity contribution in [3.63, 3.8) is 0 Å². The Hall–Kier alpha value is -2.21. The van der Waals surface area contributed by atoms with Crippen LogP contribution in [0.1, 0.15) is 18.7 Å². The molecule has 6 nitrogen and oxygen atoms in total.